The van der Waals surface area contributed by atoms with Crippen LogP contribution in [0.1, 0.15) is 133 Å². The number of carboxylic acids is 1. The van der Waals surface area contributed by atoms with Crippen molar-refractivity contribution in [1.29, 1.82) is 0 Å². The van der Waals surface area contributed by atoms with Gasteiger partial charge in [-0.15, -0.1) is 0 Å². The van der Waals surface area contributed by atoms with E-state index in [0.29, 0.717) is 30.8 Å². The van der Waals surface area contributed by atoms with Gasteiger partial charge < -0.3 is 24.8 Å². The van der Waals surface area contributed by atoms with E-state index in [4.69, 9.17) is 9.47 Å². The van der Waals surface area contributed by atoms with Crippen LogP contribution in [-0.4, -0.2) is 72.2 Å². The van der Waals surface area contributed by atoms with Gasteiger partial charge in [0.25, 0.3) is 0 Å². The highest BCUT2D eigenvalue weighted by atomic mass is 16.6. The minimum atomic E-state index is -1.17. The normalized spacial score (nSPS) is 40.6. The second-order valence-corrected chi connectivity index (χ2v) is 20.1. The van der Waals surface area contributed by atoms with Gasteiger partial charge in [0, 0.05) is 30.2 Å². The molecule has 4 unspecified atom stereocenters. The lowest BCUT2D eigenvalue weighted by atomic mass is 9.34. The van der Waals surface area contributed by atoms with Crippen molar-refractivity contribution in [3.05, 3.63) is 11.1 Å². The van der Waals surface area contributed by atoms with Gasteiger partial charge in [0.05, 0.1) is 24.0 Å². The number of fused-ring (bicyclic) bond motifs is 6. The van der Waals surface area contributed by atoms with Crippen molar-refractivity contribution >= 4 is 23.8 Å². The minimum absolute atomic E-state index is 0.0122. The third kappa shape index (κ3) is 6.07. The number of aliphatic carboxylic acids is 1. The number of nitrogens with zero attached hydrogens (tertiary/aromatic N) is 1. The first-order valence-electron chi connectivity index (χ1n) is 19.9. The first kappa shape index (κ1) is 38.3. The van der Waals surface area contributed by atoms with E-state index in [9.17, 15) is 24.3 Å². The number of ether oxygens (including phenoxy) is 2. The molecule has 1 amide bonds. The molecule has 0 aromatic rings. The lowest BCUT2D eigenvalue weighted by Gasteiger charge is -2.70. The van der Waals surface area contributed by atoms with Crippen LogP contribution in [0.3, 0.4) is 0 Å². The predicted molar refractivity (Wildman–Crippen MR) is 196 cm³/mol. The molecule has 0 aromatic carbocycles. The number of likely N-dealkylation sites (tertiary alicyclic amines) is 1. The maximum Gasteiger partial charge on any atom is 0.407 e. The summed E-state index contributed by atoms with van der Waals surface area (Å²) in [7, 11) is 2.10. The van der Waals surface area contributed by atoms with Gasteiger partial charge in [-0.1, -0.05) is 54.0 Å². The van der Waals surface area contributed by atoms with E-state index < -0.39 is 22.9 Å². The van der Waals surface area contributed by atoms with Crippen molar-refractivity contribution in [2.45, 2.75) is 145 Å². The van der Waals surface area contributed by atoms with Gasteiger partial charge >= 0.3 is 18.0 Å². The van der Waals surface area contributed by atoms with Crippen molar-refractivity contribution < 1.29 is 33.8 Å². The molecule has 0 spiro atoms. The van der Waals surface area contributed by atoms with Gasteiger partial charge in [-0.2, -0.15) is 0 Å². The van der Waals surface area contributed by atoms with E-state index in [1.54, 1.807) is 13.8 Å². The van der Waals surface area contributed by atoms with Crippen LogP contribution in [0.2, 0.25) is 0 Å². The van der Waals surface area contributed by atoms with Crippen molar-refractivity contribution in [3.8, 4) is 0 Å². The molecule has 9 atom stereocenters. The van der Waals surface area contributed by atoms with E-state index in [-0.39, 0.29) is 57.9 Å². The lowest BCUT2D eigenvalue weighted by Crippen LogP contribution is -2.65. The van der Waals surface area contributed by atoms with Crippen LogP contribution in [0.5, 0.6) is 0 Å². The molecule has 286 valence electrons. The smallest absolute Gasteiger partial charge is 0.407 e. The summed E-state index contributed by atoms with van der Waals surface area (Å²) in [4.78, 5) is 54.5. The van der Waals surface area contributed by atoms with E-state index >= 15 is 0 Å². The van der Waals surface area contributed by atoms with Crippen LogP contribution >= 0.6 is 0 Å². The second kappa shape index (κ2) is 12.9. The Balaban J connectivity index is 1.27. The number of amides is 1. The number of esters is 1. The Bertz CT molecular complexity index is 1480. The SMILES string of the molecule is CC(C)C1C(=O)C[C@]2(NC(=O)OCC3CCN(C)C3)CC[C@]3(C)C(=C12)CCC1[C@@]2(C)CC[C@H](OC(=O)CC(C)(C)C(=O)O)C(C)(C)C2CC[C@]13C. The molecule has 6 aliphatic rings. The second-order valence-electron chi connectivity index (χ2n) is 20.1. The number of ketones is 1. The number of carbonyl (C=O) groups is 4. The monoisotopic (exact) mass is 710 g/mol. The molecule has 9 heteroatoms. The summed E-state index contributed by atoms with van der Waals surface area (Å²) in [5.74, 6) is -0.0427. The zero-order valence-corrected chi connectivity index (χ0v) is 33.2. The maximum atomic E-state index is 13.9. The van der Waals surface area contributed by atoms with Crippen LogP contribution < -0.4 is 5.32 Å². The Hall–Kier alpha value is -2.42. The Morgan fingerprint density at radius 3 is 2.31 bits per heavy atom. The number of hydrogen-bond acceptors (Lipinski definition) is 7. The third-order valence-corrected chi connectivity index (χ3v) is 16.0. The Labute approximate surface area is 306 Å². The molecule has 1 heterocycles. The quantitative estimate of drug-likeness (QED) is 0.193. The number of hydrogen-bond donors (Lipinski definition) is 2. The van der Waals surface area contributed by atoms with Gasteiger partial charge in [-0.3, -0.25) is 14.4 Å². The molecule has 9 nitrogen and oxygen atoms in total. The first-order chi connectivity index (χ1) is 23.6. The molecule has 2 N–H and O–H groups in total. The molecule has 5 fully saturated rings. The van der Waals surface area contributed by atoms with E-state index in [2.05, 4.69) is 65.7 Å². The van der Waals surface area contributed by atoms with Crippen molar-refractivity contribution in [2.24, 2.45) is 56.7 Å². The predicted octanol–water partition coefficient (Wildman–Crippen LogP) is 7.81. The van der Waals surface area contributed by atoms with Crippen LogP contribution in [0.25, 0.3) is 0 Å². The van der Waals surface area contributed by atoms with Gasteiger partial charge in [-0.05, 0) is 125 Å². The fourth-order valence-electron chi connectivity index (χ4n) is 13.1. The van der Waals surface area contributed by atoms with Crippen molar-refractivity contribution in [1.82, 2.24) is 10.2 Å². The number of carboxylic acid groups (broad SMARTS) is 1. The molecule has 1 aliphatic heterocycles. The third-order valence-electron chi connectivity index (χ3n) is 16.0. The zero-order valence-electron chi connectivity index (χ0n) is 33.2. The molecular weight excluding hydrogens is 644 g/mol. The Morgan fingerprint density at radius 1 is 0.980 bits per heavy atom. The zero-order chi connectivity index (χ0) is 37.5. The number of Topliss-reactive ketones (excluding diaryl/α,β-unsaturated/α-hetero) is 1. The molecule has 4 saturated carbocycles. The molecule has 6 rings (SSSR count). The Kier molecular flexibility index (Phi) is 9.66. The van der Waals surface area contributed by atoms with Gasteiger partial charge in [0.2, 0.25) is 0 Å². The summed E-state index contributed by atoms with van der Waals surface area (Å²) in [5, 5.41) is 13.0. The van der Waals surface area contributed by atoms with Gasteiger partial charge in [-0.25, -0.2) is 4.79 Å². The molecule has 1 saturated heterocycles. The van der Waals surface area contributed by atoms with Crippen molar-refractivity contribution in [3.63, 3.8) is 0 Å². The number of alkyl carbamates (subject to hydrolysis) is 1. The highest BCUT2D eigenvalue weighted by molar-refractivity contribution is 5.92. The molecule has 51 heavy (non-hydrogen) atoms. The van der Waals surface area contributed by atoms with Crippen LogP contribution in [-0.2, 0) is 23.9 Å². The molecule has 0 aromatic heterocycles. The number of carbonyl (C=O) groups excluding carboxylic acids is 3. The molecule has 5 aliphatic carbocycles. The summed E-state index contributed by atoms with van der Waals surface area (Å²) in [6.07, 6.45) is 8.07. The molecule has 0 bridgehead atoms. The standard InChI is InChI=1S/C42H66N2O7/c1-25(2)33-28(45)21-42(43-36(49)50-24-26-15-20-44(10)23-26)19-18-40(8)27(34(33)42)11-12-30-39(7)16-14-31(51-32(46)22-37(3,4)35(47)48)38(5,6)29(39)13-17-41(30,40)9/h25-26,29-31,33H,11-24H2,1-10H3,(H,43,49)(H,47,48)/t26?,29?,30?,31-,33?,39-,40+,41+,42+/m0/s1. The number of nitrogens with one attached hydrogen (secondary N) is 1. The summed E-state index contributed by atoms with van der Waals surface area (Å²) >= 11 is 0. The van der Waals surface area contributed by atoms with E-state index in [1.807, 2.05) is 0 Å². The summed E-state index contributed by atoms with van der Waals surface area (Å²) in [6, 6.07) is 0. The topological polar surface area (TPSA) is 122 Å². The number of rotatable bonds is 8. The lowest BCUT2D eigenvalue weighted by molar-refractivity contribution is -0.214. The maximum absolute atomic E-state index is 13.9. The van der Waals surface area contributed by atoms with E-state index in [0.717, 1.165) is 70.9 Å². The highest BCUT2D eigenvalue weighted by Crippen LogP contribution is 2.75. The van der Waals surface area contributed by atoms with Gasteiger partial charge in [0.1, 0.15) is 11.9 Å². The average molecular weight is 711 g/mol. The fourth-order valence-corrected chi connectivity index (χ4v) is 13.1. The molecular formula is C42H66N2O7. The van der Waals surface area contributed by atoms with Crippen LogP contribution in [0.4, 0.5) is 4.79 Å². The highest BCUT2D eigenvalue weighted by Gasteiger charge is 2.69. The van der Waals surface area contributed by atoms with Crippen LogP contribution in [0, 0.1) is 56.7 Å². The van der Waals surface area contributed by atoms with Gasteiger partial charge in [0.15, 0.2) is 0 Å². The minimum Gasteiger partial charge on any atom is -0.481 e. The average Bonchev–Trinajstić information content (AvgIpc) is 3.57. The largest absolute Gasteiger partial charge is 0.481 e. The summed E-state index contributed by atoms with van der Waals surface area (Å²) < 4.78 is 12.0. The van der Waals surface area contributed by atoms with Crippen molar-refractivity contribution in [2.75, 3.05) is 26.7 Å². The summed E-state index contributed by atoms with van der Waals surface area (Å²) in [5.41, 5.74) is 0.507. The number of allylic oxidation sites excluding steroid dienone is 1. The fraction of sp³-hybridized carbons (Fsp3) is 0.857. The molecule has 0 radical (unpaired) electrons. The van der Waals surface area contributed by atoms with Crippen LogP contribution in [0.15, 0.2) is 11.1 Å². The first-order valence-corrected chi connectivity index (χ1v) is 19.9. The Morgan fingerprint density at radius 2 is 1.69 bits per heavy atom. The summed E-state index contributed by atoms with van der Waals surface area (Å²) in [6.45, 7) is 21.9. The van der Waals surface area contributed by atoms with E-state index in [1.165, 1.54) is 11.1 Å².